The molecule has 0 aliphatic heterocycles. The number of nitrogens with one attached hydrogen (secondary N) is 1. The summed E-state index contributed by atoms with van der Waals surface area (Å²) in [4.78, 5) is 28.0. The van der Waals surface area contributed by atoms with Crippen molar-refractivity contribution in [2.24, 2.45) is 0 Å². The monoisotopic (exact) mass is 543 g/mol. The maximum atomic E-state index is 13.7. The smallest absolute Gasteiger partial charge is 0.244 e. The van der Waals surface area contributed by atoms with Crippen molar-refractivity contribution in [2.45, 2.75) is 45.8 Å². The number of anilines is 1. The van der Waals surface area contributed by atoms with Crippen LogP contribution in [0.25, 0.3) is 0 Å². The highest BCUT2D eigenvalue weighted by Gasteiger charge is 2.32. The van der Waals surface area contributed by atoms with Gasteiger partial charge in [0, 0.05) is 12.6 Å². The van der Waals surface area contributed by atoms with Crippen molar-refractivity contribution in [3.05, 3.63) is 58.1 Å². The highest BCUT2D eigenvalue weighted by Crippen LogP contribution is 2.30. The molecule has 0 aliphatic carbocycles. The lowest BCUT2D eigenvalue weighted by Gasteiger charge is -2.33. The Morgan fingerprint density at radius 1 is 1.09 bits per heavy atom. The molecule has 192 valence electrons. The summed E-state index contributed by atoms with van der Waals surface area (Å²) in [6.07, 6.45) is 1.33. The SMILES string of the molecule is CCC(C(=O)NC(C)C)N(Cc1ccc(Cl)c(Cl)c1)C(=O)CN(c1ccccc1OC)S(C)(=O)=O. The number of nitrogens with zero attached hydrogens (tertiary/aromatic N) is 2. The quantitative estimate of drug-likeness (QED) is 0.460. The van der Waals surface area contributed by atoms with Gasteiger partial charge < -0.3 is 15.0 Å². The number of hydrogen-bond acceptors (Lipinski definition) is 5. The third kappa shape index (κ3) is 7.75. The summed E-state index contributed by atoms with van der Waals surface area (Å²) in [5.74, 6) is -0.594. The second-order valence-electron chi connectivity index (χ2n) is 8.30. The van der Waals surface area contributed by atoms with Gasteiger partial charge in [0.1, 0.15) is 18.3 Å². The maximum absolute atomic E-state index is 13.7. The molecule has 2 aromatic rings. The molecule has 2 rings (SSSR count). The van der Waals surface area contributed by atoms with Gasteiger partial charge in [-0.05, 0) is 50.1 Å². The molecule has 1 unspecified atom stereocenters. The van der Waals surface area contributed by atoms with Crippen molar-refractivity contribution in [3.8, 4) is 5.75 Å². The molecule has 1 atom stereocenters. The lowest BCUT2D eigenvalue weighted by atomic mass is 10.1. The summed E-state index contributed by atoms with van der Waals surface area (Å²) >= 11 is 12.2. The highest BCUT2D eigenvalue weighted by molar-refractivity contribution is 7.92. The van der Waals surface area contributed by atoms with Crippen molar-refractivity contribution in [2.75, 3.05) is 24.2 Å². The van der Waals surface area contributed by atoms with E-state index in [-0.39, 0.29) is 24.2 Å². The van der Waals surface area contributed by atoms with Crippen LogP contribution in [0.4, 0.5) is 5.69 Å². The fourth-order valence-corrected chi connectivity index (χ4v) is 4.74. The van der Waals surface area contributed by atoms with Crippen LogP contribution in [0.3, 0.4) is 0 Å². The van der Waals surface area contributed by atoms with E-state index in [9.17, 15) is 18.0 Å². The minimum absolute atomic E-state index is 0.0310. The van der Waals surface area contributed by atoms with E-state index in [2.05, 4.69) is 5.32 Å². The van der Waals surface area contributed by atoms with Gasteiger partial charge in [-0.15, -0.1) is 0 Å². The number of hydrogen-bond donors (Lipinski definition) is 1. The van der Waals surface area contributed by atoms with Crippen molar-refractivity contribution in [1.82, 2.24) is 10.2 Å². The fourth-order valence-electron chi connectivity index (χ4n) is 3.57. The van der Waals surface area contributed by atoms with Crippen LogP contribution in [-0.2, 0) is 26.2 Å². The second kappa shape index (κ2) is 12.5. The van der Waals surface area contributed by atoms with Crippen LogP contribution in [0.5, 0.6) is 5.75 Å². The fraction of sp³-hybridized carbons (Fsp3) is 0.417. The normalized spacial score (nSPS) is 12.2. The Morgan fingerprint density at radius 3 is 2.29 bits per heavy atom. The molecule has 0 aromatic heterocycles. The van der Waals surface area contributed by atoms with Gasteiger partial charge in [0.2, 0.25) is 21.8 Å². The minimum Gasteiger partial charge on any atom is -0.495 e. The predicted molar refractivity (Wildman–Crippen MR) is 140 cm³/mol. The molecule has 8 nitrogen and oxygen atoms in total. The molecule has 0 saturated heterocycles. The van der Waals surface area contributed by atoms with Crippen molar-refractivity contribution in [3.63, 3.8) is 0 Å². The van der Waals surface area contributed by atoms with Gasteiger partial charge >= 0.3 is 0 Å². The number of para-hydroxylation sites is 2. The van der Waals surface area contributed by atoms with Crippen LogP contribution in [-0.4, -0.2) is 57.1 Å². The van der Waals surface area contributed by atoms with Gasteiger partial charge in [-0.25, -0.2) is 8.42 Å². The van der Waals surface area contributed by atoms with E-state index in [0.29, 0.717) is 27.8 Å². The summed E-state index contributed by atoms with van der Waals surface area (Å²) in [6.45, 7) is 4.94. The molecule has 2 amide bonds. The van der Waals surface area contributed by atoms with Crippen molar-refractivity contribution < 1.29 is 22.7 Å². The Hall–Kier alpha value is -2.49. The molecule has 1 N–H and O–H groups in total. The van der Waals surface area contributed by atoms with Gasteiger partial charge in [0.25, 0.3) is 0 Å². The zero-order valence-electron chi connectivity index (χ0n) is 20.4. The average molecular weight is 545 g/mol. The van der Waals surface area contributed by atoms with E-state index in [1.54, 1.807) is 49.4 Å². The number of benzene rings is 2. The van der Waals surface area contributed by atoms with Crippen LogP contribution < -0.4 is 14.4 Å². The van der Waals surface area contributed by atoms with E-state index in [1.807, 2.05) is 13.8 Å². The first-order valence-corrected chi connectivity index (χ1v) is 13.6. The van der Waals surface area contributed by atoms with Gasteiger partial charge in [0.15, 0.2) is 0 Å². The van der Waals surface area contributed by atoms with E-state index in [0.717, 1.165) is 10.6 Å². The first-order valence-electron chi connectivity index (χ1n) is 11.0. The predicted octanol–water partition coefficient (Wildman–Crippen LogP) is 4.10. The van der Waals surface area contributed by atoms with E-state index in [4.69, 9.17) is 27.9 Å². The Labute approximate surface area is 217 Å². The Kier molecular flexibility index (Phi) is 10.2. The summed E-state index contributed by atoms with van der Waals surface area (Å²) in [7, 11) is -2.45. The number of amides is 2. The molecule has 0 aliphatic rings. The number of carbonyl (C=O) groups excluding carboxylic acids is 2. The number of carbonyl (C=O) groups is 2. The zero-order valence-corrected chi connectivity index (χ0v) is 22.7. The molecule has 0 fully saturated rings. The van der Waals surface area contributed by atoms with Crippen LogP contribution in [0.15, 0.2) is 42.5 Å². The molecule has 0 heterocycles. The number of methoxy groups -OCH3 is 1. The summed E-state index contributed by atoms with van der Waals surface area (Å²) in [5, 5.41) is 3.50. The topological polar surface area (TPSA) is 96.0 Å². The summed E-state index contributed by atoms with van der Waals surface area (Å²) in [5.41, 5.74) is 0.867. The standard InChI is InChI=1S/C24H31Cl2N3O5S/c1-6-20(24(31)27-16(2)3)28(14-17-11-12-18(25)19(26)13-17)23(30)15-29(35(5,32)33)21-9-7-8-10-22(21)34-4/h7-13,16,20H,6,14-15H2,1-5H3,(H,27,31). The number of rotatable bonds is 11. The van der Waals surface area contributed by atoms with Gasteiger partial charge in [0.05, 0.1) is 29.1 Å². The largest absolute Gasteiger partial charge is 0.495 e. The molecule has 2 aromatic carbocycles. The van der Waals surface area contributed by atoms with Crippen molar-refractivity contribution in [1.29, 1.82) is 0 Å². The summed E-state index contributed by atoms with van der Waals surface area (Å²) < 4.78 is 31.7. The van der Waals surface area contributed by atoms with Crippen LogP contribution in [0.1, 0.15) is 32.8 Å². The van der Waals surface area contributed by atoms with Crippen molar-refractivity contribution >= 4 is 50.7 Å². The van der Waals surface area contributed by atoms with E-state index in [1.165, 1.54) is 12.0 Å². The first-order chi connectivity index (χ1) is 16.4. The van der Waals surface area contributed by atoms with Gasteiger partial charge in [-0.3, -0.25) is 13.9 Å². The molecule has 35 heavy (non-hydrogen) atoms. The molecule has 11 heteroatoms. The lowest BCUT2D eigenvalue weighted by Crippen LogP contribution is -2.53. The second-order valence-corrected chi connectivity index (χ2v) is 11.0. The average Bonchev–Trinajstić information content (AvgIpc) is 2.78. The van der Waals surface area contributed by atoms with Crippen LogP contribution in [0.2, 0.25) is 10.0 Å². The zero-order chi connectivity index (χ0) is 26.3. The molecule has 0 saturated carbocycles. The maximum Gasteiger partial charge on any atom is 0.244 e. The lowest BCUT2D eigenvalue weighted by molar-refractivity contribution is -0.140. The van der Waals surface area contributed by atoms with Gasteiger partial charge in [-0.1, -0.05) is 48.3 Å². The third-order valence-corrected chi connectivity index (χ3v) is 7.05. The molecule has 0 bridgehead atoms. The third-order valence-electron chi connectivity index (χ3n) is 5.19. The van der Waals surface area contributed by atoms with E-state index < -0.39 is 28.5 Å². The molecular formula is C24H31Cl2N3O5S. The Bertz CT molecular complexity index is 1160. The van der Waals surface area contributed by atoms with Crippen LogP contribution in [0, 0.1) is 0 Å². The van der Waals surface area contributed by atoms with E-state index >= 15 is 0 Å². The molecular weight excluding hydrogens is 513 g/mol. The first kappa shape index (κ1) is 28.7. The Balaban J connectivity index is 2.50. The Morgan fingerprint density at radius 2 is 1.74 bits per heavy atom. The van der Waals surface area contributed by atoms with Gasteiger partial charge in [-0.2, -0.15) is 0 Å². The molecule has 0 radical (unpaired) electrons. The van der Waals surface area contributed by atoms with Crippen LogP contribution >= 0.6 is 23.2 Å². The number of sulfonamides is 1. The minimum atomic E-state index is -3.87. The summed E-state index contributed by atoms with van der Waals surface area (Å²) in [6, 6.07) is 10.5. The highest BCUT2D eigenvalue weighted by atomic mass is 35.5. The molecule has 0 spiro atoms. The number of ether oxygens (including phenoxy) is 1. The number of halogens is 2.